The summed E-state index contributed by atoms with van der Waals surface area (Å²) in [6.45, 7) is 3.26. The molecule has 1 saturated heterocycles. The second-order valence-electron chi connectivity index (χ2n) is 5.80. The summed E-state index contributed by atoms with van der Waals surface area (Å²) in [5.41, 5.74) is -0.695. The zero-order chi connectivity index (χ0) is 13.0. The van der Waals surface area contributed by atoms with Crippen LogP contribution < -0.4 is 5.32 Å². The van der Waals surface area contributed by atoms with Crippen molar-refractivity contribution in [3.8, 4) is 0 Å². The maximum atomic E-state index is 11.8. The average molecular weight is 255 g/mol. The van der Waals surface area contributed by atoms with Crippen LogP contribution in [0.25, 0.3) is 0 Å². The first kappa shape index (κ1) is 13.8. The van der Waals surface area contributed by atoms with Crippen molar-refractivity contribution in [2.24, 2.45) is 5.92 Å². The monoisotopic (exact) mass is 255 g/mol. The van der Waals surface area contributed by atoms with Crippen LogP contribution in [0.2, 0.25) is 0 Å². The normalized spacial score (nSPS) is 36.6. The maximum Gasteiger partial charge on any atom is 0.249 e. The van der Waals surface area contributed by atoms with Gasteiger partial charge in [-0.2, -0.15) is 0 Å². The first-order valence-corrected chi connectivity index (χ1v) is 7.25. The Bertz CT molecular complexity index is 279. The lowest BCUT2D eigenvalue weighted by atomic mass is 9.78. The van der Waals surface area contributed by atoms with Crippen molar-refractivity contribution in [1.82, 2.24) is 5.32 Å². The molecule has 0 spiro atoms. The Kier molecular flexibility index (Phi) is 4.62. The molecule has 104 valence electrons. The number of hydrogen-bond donors (Lipinski definition) is 2. The van der Waals surface area contributed by atoms with E-state index in [1.54, 1.807) is 0 Å². The third-order valence-electron chi connectivity index (χ3n) is 4.43. The van der Waals surface area contributed by atoms with Crippen LogP contribution in [0.1, 0.15) is 51.9 Å². The van der Waals surface area contributed by atoms with E-state index in [2.05, 4.69) is 12.2 Å². The molecule has 0 radical (unpaired) electrons. The summed E-state index contributed by atoms with van der Waals surface area (Å²) < 4.78 is 5.33. The van der Waals surface area contributed by atoms with E-state index in [9.17, 15) is 9.90 Å². The highest BCUT2D eigenvalue weighted by molar-refractivity contribution is 5.81. The summed E-state index contributed by atoms with van der Waals surface area (Å²) >= 11 is 0. The number of amides is 1. The van der Waals surface area contributed by atoms with Crippen LogP contribution in [0.4, 0.5) is 0 Å². The smallest absolute Gasteiger partial charge is 0.249 e. The van der Waals surface area contributed by atoms with Gasteiger partial charge in [-0.15, -0.1) is 0 Å². The summed E-state index contributed by atoms with van der Waals surface area (Å²) in [6.07, 6.45) is 6.42. The van der Waals surface area contributed by atoms with Crippen molar-refractivity contribution in [3.05, 3.63) is 0 Å². The standard InChI is InChI=1S/C14H25NO3/c1-2-11-5-7-14(17,8-6-11)10-15-13(16)12-4-3-9-18-12/h11-12,17H,2-10H2,1H3,(H,15,16)/t11?,12-,14?/m1/s1. The molecular formula is C14H25NO3. The topological polar surface area (TPSA) is 58.6 Å². The number of hydrogen-bond acceptors (Lipinski definition) is 3. The van der Waals surface area contributed by atoms with E-state index < -0.39 is 5.60 Å². The highest BCUT2D eigenvalue weighted by Gasteiger charge is 2.34. The molecule has 2 rings (SSSR count). The van der Waals surface area contributed by atoms with Gasteiger partial charge in [-0.05, 0) is 44.4 Å². The third-order valence-corrected chi connectivity index (χ3v) is 4.43. The van der Waals surface area contributed by atoms with Crippen molar-refractivity contribution >= 4 is 5.91 Å². The maximum absolute atomic E-state index is 11.8. The van der Waals surface area contributed by atoms with Crippen LogP contribution in [-0.4, -0.2) is 35.9 Å². The molecule has 18 heavy (non-hydrogen) atoms. The fraction of sp³-hybridized carbons (Fsp3) is 0.929. The van der Waals surface area contributed by atoms with Crippen molar-refractivity contribution in [3.63, 3.8) is 0 Å². The van der Waals surface area contributed by atoms with Crippen molar-refractivity contribution in [2.45, 2.75) is 63.6 Å². The Morgan fingerprint density at radius 2 is 2.11 bits per heavy atom. The molecule has 0 aromatic rings. The van der Waals surface area contributed by atoms with Gasteiger partial charge in [-0.25, -0.2) is 0 Å². The Balaban J connectivity index is 1.73. The second-order valence-corrected chi connectivity index (χ2v) is 5.80. The van der Waals surface area contributed by atoms with Gasteiger partial charge in [0.15, 0.2) is 0 Å². The minimum absolute atomic E-state index is 0.0569. The number of carbonyl (C=O) groups excluding carboxylic acids is 1. The molecule has 0 unspecified atom stereocenters. The third kappa shape index (κ3) is 3.45. The molecule has 1 amide bonds. The van der Waals surface area contributed by atoms with E-state index in [0.29, 0.717) is 13.2 Å². The van der Waals surface area contributed by atoms with E-state index in [1.165, 1.54) is 6.42 Å². The Hall–Kier alpha value is -0.610. The Morgan fingerprint density at radius 3 is 2.67 bits per heavy atom. The molecule has 4 heteroatoms. The number of nitrogens with one attached hydrogen (secondary N) is 1. The molecule has 1 aliphatic heterocycles. The van der Waals surface area contributed by atoms with Gasteiger partial charge >= 0.3 is 0 Å². The van der Waals surface area contributed by atoms with Crippen molar-refractivity contribution < 1.29 is 14.6 Å². The minimum atomic E-state index is -0.695. The van der Waals surface area contributed by atoms with Crippen LogP contribution in [0.15, 0.2) is 0 Å². The number of aliphatic hydroxyl groups is 1. The number of carbonyl (C=O) groups is 1. The fourth-order valence-corrected chi connectivity index (χ4v) is 2.95. The second kappa shape index (κ2) is 6.02. The molecular weight excluding hydrogens is 230 g/mol. The summed E-state index contributed by atoms with van der Waals surface area (Å²) in [6, 6.07) is 0. The van der Waals surface area contributed by atoms with Crippen LogP contribution >= 0.6 is 0 Å². The van der Waals surface area contributed by atoms with Gasteiger partial charge in [0, 0.05) is 13.2 Å². The van der Waals surface area contributed by atoms with Gasteiger partial charge < -0.3 is 15.2 Å². The van der Waals surface area contributed by atoms with Gasteiger partial charge in [0.05, 0.1) is 5.60 Å². The molecule has 2 fully saturated rings. The van der Waals surface area contributed by atoms with Crippen LogP contribution in [0.3, 0.4) is 0 Å². The van der Waals surface area contributed by atoms with Gasteiger partial charge in [-0.1, -0.05) is 13.3 Å². The summed E-state index contributed by atoms with van der Waals surface area (Å²) in [5.74, 6) is 0.692. The fourth-order valence-electron chi connectivity index (χ4n) is 2.95. The molecule has 2 N–H and O–H groups in total. The van der Waals surface area contributed by atoms with Crippen molar-refractivity contribution in [2.75, 3.05) is 13.2 Å². The molecule has 0 bridgehead atoms. The van der Waals surface area contributed by atoms with Gasteiger partial charge in [-0.3, -0.25) is 4.79 Å². The van der Waals surface area contributed by atoms with E-state index >= 15 is 0 Å². The first-order chi connectivity index (χ1) is 8.63. The first-order valence-electron chi connectivity index (χ1n) is 7.25. The van der Waals surface area contributed by atoms with Crippen LogP contribution in [0, 0.1) is 5.92 Å². The minimum Gasteiger partial charge on any atom is -0.388 e. The van der Waals surface area contributed by atoms with E-state index in [4.69, 9.17) is 4.74 Å². The zero-order valence-electron chi connectivity index (χ0n) is 11.3. The largest absolute Gasteiger partial charge is 0.388 e. The van der Waals surface area contributed by atoms with Gasteiger partial charge in [0.1, 0.15) is 6.10 Å². The lowest BCUT2D eigenvalue weighted by Gasteiger charge is -2.36. The van der Waals surface area contributed by atoms with Crippen molar-refractivity contribution in [1.29, 1.82) is 0 Å². The molecule has 1 heterocycles. The van der Waals surface area contributed by atoms with Crippen LogP contribution in [0.5, 0.6) is 0 Å². The Labute approximate surface area is 109 Å². The summed E-state index contributed by atoms with van der Waals surface area (Å²) in [4.78, 5) is 11.8. The number of rotatable bonds is 4. The quantitative estimate of drug-likeness (QED) is 0.802. The molecule has 1 saturated carbocycles. The summed E-state index contributed by atoms with van der Waals surface area (Å²) in [5, 5.41) is 13.3. The SMILES string of the molecule is CCC1CCC(O)(CNC(=O)[C@H]2CCCO2)CC1. The van der Waals surface area contributed by atoms with E-state index in [1.807, 2.05) is 0 Å². The lowest BCUT2D eigenvalue weighted by Crippen LogP contribution is -2.47. The summed E-state index contributed by atoms with van der Waals surface area (Å²) in [7, 11) is 0. The Morgan fingerprint density at radius 1 is 1.39 bits per heavy atom. The predicted molar refractivity (Wildman–Crippen MR) is 69.2 cm³/mol. The molecule has 0 aromatic heterocycles. The van der Waals surface area contributed by atoms with Gasteiger partial charge in [0.2, 0.25) is 5.91 Å². The predicted octanol–water partition coefficient (Wildman–Crippen LogP) is 1.61. The molecule has 4 nitrogen and oxygen atoms in total. The number of ether oxygens (including phenoxy) is 1. The van der Waals surface area contributed by atoms with Crippen LogP contribution in [-0.2, 0) is 9.53 Å². The zero-order valence-corrected chi connectivity index (χ0v) is 11.3. The van der Waals surface area contributed by atoms with Gasteiger partial charge in [0.25, 0.3) is 0 Å². The average Bonchev–Trinajstić information content (AvgIpc) is 2.91. The highest BCUT2D eigenvalue weighted by Crippen LogP contribution is 2.33. The molecule has 1 atom stereocenters. The highest BCUT2D eigenvalue weighted by atomic mass is 16.5. The molecule has 1 aliphatic carbocycles. The molecule has 0 aromatic carbocycles. The van der Waals surface area contributed by atoms with E-state index in [-0.39, 0.29) is 12.0 Å². The lowest BCUT2D eigenvalue weighted by molar-refractivity contribution is -0.131. The van der Waals surface area contributed by atoms with E-state index in [0.717, 1.165) is 44.4 Å². The molecule has 2 aliphatic rings.